The standard InChI is InChI=1S/C19H26O5/c1-14(2)17(12-11-16(20)9-6-10-18(21)22)19(23)24-13-15-7-4-3-5-8-15/h3-5,7-8,14,17H,6,9-13H2,1-2H3,(H,21,22). The molecule has 0 aromatic heterocycles. The van der Waals surface area contributed by atoms with E-state index in [1.165, 1.54) is 0 Å². The smallest absolute Gasteiger partial charge is 0.309 e. The number of carboxylic acid groups (broad SMARTS) is 1. The van der Waals surface area contributed by atoms with Crippen molar-refractivity contribution in [2.45, 2.75) is 52.6 Å². The number of hydrogen-bond acceptors (Lipinski definition) is 4. The van der Waals surface area contributed by atoms with Gasteiger partial charge in [-0.1, -0.05) is 44.2 Å². The number of carboxylic acids is 1. The molecule has 24 heavy (non-hydrogen) atoms. The van der Waals surface area contributed by atoms with Crippen LogP contribution in [-0.4, -0.2) is 22.8 Å². The van der Waals surface area contributed by atoms with Crippen LogP contribution in [-0.2, 0) is 25.7 Å². The molecule has 1 unspecified atom stereocenters. The molecule has 0 bridgehead atoms. The first-order valence-corrected chi connectivity index (χ1v) is 8.34. The van der Waals surface area contributed by atoms with Gasteiger partial charge in [0.05, 0.1) is 5.92 Å². The lowest BCUT2D eigenvalue weighted by molar-refractivity contribution is -0.151. The number of carbonyl (C=O) groups excluding carboxylic acids is 2. The van der Waals surface area contributed by atoms with Crippen molar-refractivity contribution in [1.82, 2.24) is 0 Å². The van der Waals surface area contributed by atoms with Gasteiger partial charge in [-0.05, 0) is 24.3 Å². The van der Waals surface area contributed by atoms with E-state index in [2.05, 4.69) is 0 Å². The molecule has 0 spiro atoms. The Balaban J connectivity index is 2.40. The van der Waals surface area contributed by atoms with Gasteiger partial charge in [-0.3, -0.25) is 14.4 Å². The van der Waals surface area contributed by atoms with E-state index in [9.17, 15) is 14.4 Å². The summed E-state index contributed by atoms with van der Waals surface area (Å²) in [7, 11) is 0. The minimum Gasteiger partial charge on any atom is -0.481 e. The molecule has 0 saturated carbocycles. The third-order valence-electron chi connectivity index (χ3n) is 3.91. The molecule has 0 amide bonds. The van der Waals surface area contributed by atoms with Gasteiger partial charge in [0.15, 0.2) is 0 Å². The second-order valence-electron chi connectivity index (χ2n) is 6.27. The van der Waals surface area contributed by atoms with Crippen LogP contribution in [0.15, 0.2) is 30.3 Å². The molecule has 1 atom stereocenters. The Morgan fingerprint density at radius 3 is 2.29 bits per heavy atom. The van der Waals surface area contributed by atoms with Gasteiger partial charge >= 0.3 is 11.9 Å². The summed E-state index contributed by atoms with van der Waals surface area (Å²) in [6.45, 7) is 4.10. The molecule has 0 fully saturated rings. The summed E-state index contributed by atoms with van der Waals surface area (Å²) in [4.78, 5) is 34.5. The van der Waals surface area contributed by atoms with Crippen LogP contribution in [0, 0.1) is 11.8 Å². The largest absolute Gasteiger partial charge is 0.481 e. The van der Waals surface area contributed by atoms with E-state index in [0.717, 1.165) is 5.56 Å². The maximum absolute atomic E-state index is 12.3. The van der Waals surface area contributed by atoms with Crippen LogP contribution in [0.5, 0.6) is 0 Å². The van der Waals surface area contributed by atoms with Crippen LogP contribution in [0.2, 0.25) is 0 Å². The normalized spacial score (nSPS) is 12.0. The van der Waals surface area contributed by atoms with E-state index >= 15 is 0 Å². The number of benzene rings is 1. The van der Waals surface area contributed by atoms with Crippen LogP contribution in [0.4, 0.5) is 0 Å². The van der Waals surface area contributed by atoms with Crippen molar-refractivity contribution in [2.75, 3.05) is 0 Å². The van der Waals surface area contributed by atoms with Crippen molar-refractivity contribution in [3.8, 4) is 0 Å². The SMILES string of the molecule is CC(C)C(CCC(=O)CCCC(=O)O)C(=O)OCc1ccccc1. The van der Waals surface area contributed by atoms with E-state index in [4.69, 9.17) is 9.84 Å². The predicted molar refractivity (Wildman–Crippen MR) is 90.3 cm³/mol. The van der Waals surface area contributed by atoms with E-state index in [-0.39, 0.29) is 49.5 Å². The minimum atomic E-state index is -0.896. The molecular formula is C19H26O5. The van der Waals surface area contributed by atoms with Gasteiger partial charge in [-0.25, -0.2) is 0 Å². The first-order chi connectivity index (χ1) is 11.4. The molecule has 5 nitrogen and oxygen atoms in total. The molecule has 132 valence electrons. The number of carbonyl (C=O) groups is 3. The predicted octanol–water partition coefficient (Wildman–Crippen LogP) is 3.61. The topological polar surface area (TPSA) is 80.7 Å². The van der Waals surface area contributed by atoms with Crippen molar-refractivity contribution in [3.63, 3.8) is 0 Å². The zero-order chi connectivity index (χ0) is 17.9. The minimum absolute atomic E-state index is 0.00152. The summed E-state index contributed by atoms with van der Waals surface area (Å²) in [5.74, 6) is -1.42. The summed E-state index contributed by atoms with van der Waals surface area (Å²) in [6.07, 6.45) is 1.31. The lowest BCUT2D eigenvalue weighted by atomic mass is 9.90. The maximum Gasteiger partial charge on any atom is 0.309 e. The Kier molecular flexibility index (Phi) is 8.76. The van der Waals surface area contributed by atoms with Gasteiger partial charge < -0.3 is 9.84 Å². The number of hydrogen-bond donors (Lipinski definition) is 1. The molecular weight excluding hydrogens is 308 g/mol. The van der Waals surface area contributed by atoms with Gasteiger partial charge in [0.2, 0.25) is 0 Å². The average Bonchev–Trinajstić information content (AvgIpc) is 2.53. The van der Waals surface area contributed by atoms with Crippen molar-refractivity contribution in [1.29, 1.82) is 0 Å². The Morgan fingerprint density at radius 2 is 1.71 bits per heavy atom. The second-order valence-corrected chi connectivity index (χ2v) is 6.27. The van der Waals surface area contributed by atoms with E-state index in [1.807, 2.05) is 44.2 Å². The quantitative estimate of drug-likeness (QED) is 0.625. The van der Waals surface area contributed by atoms with Gasteiger partial charge in [-0.2, -0.15) is 0 Å². The number of Topliss-reactive ketones (excluding diaryl/α,β-unsaturated/α-hetero) is 1. The fourth-order valence-corrected chi connectivity index (χ4v) is 2.44. The van der Waals surface area contributed by atoms with Gasteiger partial charge in [0.1, 0.15) is 12.4 Å². The Hall–Kier alpha value is -2.17. The highest BCUT2D eigenvalue weighted by Gasteiger charge is 2.24. The summed E-state index contributed by atoms with van der Waals surface area (Å²) >= 11 is 0. The highest BCUT2D eigenvalue weighted by molar-refractivity contribution is 5.80. The molecule has 1 rings (SSSR count). The Labute approximate surface area is 143 Å². The molecule has 0 radical (unpaired) electrons. The second kappa shape index (κ2) is 10.6. The van der Waals surface area contributed by atoms with Crippen molar-refractivity contribution >= 4 is 17.7 Å². The van der Waals surface area contributed by atoms with Crippen LogP contribution >= 0.6 is 0 Å². The fourth-order valence-electron chi connectivity index (χ4n) is 2.44. The molecule has 0 aliphatic rings. The molecule has 0 aliphatic heterocycles. The molecule has 1 aromatic carbocycles. The molecule has 0 aliphatic carbocycles. The summed E-state index contributed by atoms with van der Waals surface area (Å²) in [5.41, 5.74) is 0.929. The first-order valence-electron chi connectivity index (χ1n) is 8.34. The van der Waals surface area contributed by atoms with Crippen LogP contribution in [0.3, 0.4) is 0 Å². The zero-order valence-corrected chi connectivity index (χ0v) is 14.4. The van der Waals surface area contributed by atoms with Gasteiger partial charge in [-0.15, -0.1) is 0 Å². The van der Waals surface area contributed by atoms with Crippen molar-refractivity contribution in [2.24, 2.45) is 11.8 Å². The summed E-state index contributed by atoms with van der Waals surface area (Å²) < 4.78 is 5.37. The molecule has 5 heteroatoms. The highest BCUT2D eigenvalue weighted by atomic mass is 16.5. The van der Waals surface area contributed by atoms with Gasteiger partial charge in [0.25, 0.3) is 0 Å². The average molecular weight is 334 g/mol. The van der Waals surface area contributed by atoms with E-state index in [1.54, 1.807) is 0 Å². The maximum atomic E-state index is 12.3. The third-order valence-corrected chi connectivity index (χ3v) is 3.91. The van der Waals surface area contributed by atoms with Crippen LogP contribution in [0.25, 0.3) is 0 Å². The van der Waals surface area contributed by atoms with E-state index < -0.39 is 5.97 Å². The lowest BCUT2D eigenvalue weighted by Gasteiger charge is -2.19. The van der Waals surface area contributed by atoms with Crippen molar-refractivity contribution in [3.05, 3.63) is 35.9 Å². The molecule has 1 N–H and O–H groups in total. The third kappa shape index (κ3) is 7.90. The molecule has 0 heterocycles. The van der Waals surface area contributed by atoms with Crippen molar-refractivity contribution < 1.29 is 24.2 Å². The van der Waals surface area contributed by atoms with Crippen LogP contribution in [0.1, 0.15) is 51.5 Å². The number of esters is 1. The number of ether oxygens (including phenoxy) is 1. The lowest BCUT2D eigenvalue weighted by Crippen LogP contribution is -2.23. The summed E-state index contributed by atoms with van der Waals surface area (Å²) in [5, 5.41) is 8.57. The molecule has 0 saturated heterocycles. The fraction of sp³-hybridized carbons (Fsp3) is 0.526. The van der Waals surface area contributed by atoms with Crippen LogP contribution < -0.4 is 0 Å². The number of rotatable bonds is 11. The monoisotopic (exact) mass is 334 g/mol. The number of aliphatic carboxylic acids is 1. The number of ketones is 1. The zero-order valence-electron chi connectivity index (χ0n) is 14.4. The Morgan fingerprint density at radius 1 is 1.04 bits per heavy atom. The highest BCUT2D eigenvalue weighted by Crippen LogP contribution is 2.20. The van der Waals surface area contributed by atoms with Gasteiger partial charge in [0, 0.05) is 19.3 Å². The Bertz CT molecular complexity index is 536. The summed E-state index contributed by atoms with van der Waals surface area (Å²) in [6, 6.07) is 9.46. The first kappa shape index (κ1) is 19.9. The van der Waals surface area contributed by atoms with E-state index in [0.29, 0.717) is 12.8 Å². The molecule has 1 aromatic rings.